The highest BCUT2D eigenvalue weighted by molar-refractivity contribution is 7.99. The number of β-amino-alcohol motifs (C(OH)–C–C–N with tert-alkyl or cyclic N) is 1. The van der Waals surface area contributed by atoms with Crippen LogP contribution < -0.4 is 9.64 Å². The Labute approximate surface area is 216 Å². The molecule has 2 aliphatic heterocycles. The molecule has 0 saturated carbocycles. The van der Waals surface area contributed by atoms with Gasteiger partial charge in [-0.05, 0) is 48.4 Å². The van der Waals surface area contributed by atoms with Gasteiger partial charge in [0.2, 0.25) is 0 Å². The second-order valence-corrected chi connectivity index (χ2v) is 9.71. The number of piperazine rings is 1. The third-order valence-corrected chi connectivity index (χ3v) is 7.14. The van der Waals surface area contributed by atoms with Gasteiger partial charge in [0.15, 0.2) is 0 Å². The Morgan fingerprint density at radius 1 is 1.03 bits per heavy atom. The molecule has 1 saturated heterocycles. The molecule has 1 unspecified atom stereocenters. The summed E-state index contributed by atoms with van der Waals surface area (Å²) in [5, 5.41) is 25.2. The Balaban J connectivity index is 0.000000568. The molecule has 0 radical (unpaired) electrons. The largest absolute Gasteiger partial charge is 0.490 e. The standard InChI is InChI=1S/C23H27F3N2O2S.C2H2O4/c24-23(25,26)18-6-2-7-19(14-18)28-11-9-27(10-12-28)15-20(29)16-30-21-8-1-4-17-5-3-13-31-22(17)21;3-1(4)2(5)6/h1-2,4,6-8,14,20,29H,3,5,9-13,15-16H2;(H,3,4)(H,5,6). The van der Waals surface area contributed by atoms with Crippen LogP contribution >= 0.6 is 11.8 Å². The molecule has 4 rings (SSSR count). The van der Waals surface area contributed by atoms with Gasteiger partial charge in [-0.25, -0.2) is 9.59 Å². The summed E-state index contributed by atoms with van der Waals surface area (Å²) in [6.07, 6.45) is -2.71. The summed E-state index contributed by atoms with van der Waals surface area (Å²) in [7, 11) is 0. The van der Waals surface area contributed by atoms with Crippen molar-refractivity contribution in [3.8, 4) is 5.75 Å². The topological polar surface area (TPSA) is 111 Å². The van der Waals surface area contributed by atoms with E-state index in [0.29, 0.717) is 38.4 Å². The van der Waals surface area contributed by atoms with E-state index >= 15 is 0 Å². The molecule has 0 bridgehead atoms. The number of carboxylic acids is 2. The van der Waals surface area contributed by atoms with E-state index in [9.17, 15) is 18.3 Å². The fourth-order valence-electron chi connectivity index (χ4n) is 4.08. The van der Waals surface area contributed by atoms with Crippen molar-refractivity contribution in [3.05, 3.63) is 53.6 Å². The van der Waals surface area contributed by atoms with Crippen LogP contribution in [0.1, 0.15) is 17.5 Å². The van der Waals surface area contributed by atoms with E-state index in [1.54, 1.807) is 6.07 Å². The van der Waals surface area contributed by atoms with Gasteiger partial charge in [0.1, 0.15) is 18.5 Å². The molecule has 0 aliphatic carbocycles. The predicted octanol–water partition coefficient (Wildman–Crippen LogP) is 3.46. The number of hydrogen-bond acceptors (Lipinski definition) is 7. The number of anilines is 1. The number of rotatable bonds is 6. The molecule has 202 valence electrons. The Hall–Kier alpha value is -2.96. The van der Waals surface area contributed by atoms with Crippen LogP contribution in [0.25, 0.3) is 0 Å². The van der Waals surface area contributed by atoms with Crippen molar-refractivity contribution in [3.63, 3.8) is 0 Å². The first kappa shape index (κ1) is 28.6. The van der Waals surface area contributed by atoms with Gasteiger partial charge < -0.3 is 25.0 Å². The summed E-state index contributed by atoms with van der Waals surface area (Å²) in [6.45, 7) is 3.33. The molecule has 8 nitrogen and oxygen atoms in total. The Kier molecular flexibility index (Phi) is 10.1. The maximum atomic E-state index is 13.0. The molecule has 3 N–H and O–H groups in total. The summed E-state index contributed by atoms with van der Waals surface area (Å²) < 4.78 is 44.8. The van der Waals surface area contributed by atoms with Gasteiger partial charge in [0, 0.05) is 38.4 Å². The molecule has 2 aromatic rings. The van der Waals surface area contributed by atoms with Crippen molar-refractivity contribution in [2.24, 2.45) is 0 Å². The highest BCUT2D eigenvalue weighted by Crippen LogP contribution is 2.37. The number of aryl methyl sites for hydroxylation is 1. The lowest BCUT2D eigenvalue weighted by molar-refractivity contribution is -0.159. The molecule has 2 aromatic carbocycles. The molecule has 2 aliphatic rings. The minimum absolute atomic E-state index is 0.227. The summed E-state index contributed by atoms with van der Waals surface area (Å²) in [5.41, 5.74) is 1.28. The molecule has 1 atom stereocenters. The zero-order valence-corrected chi connectivity index (χ0v) is 20.8. The van der Waals surface area contributed by atoms with E-state index in [1.165, 1.54) is 29.0 Å². The molecule has 2 heterocycles. The van der Waals surface area contributed by atoms with E-state index in [4.69, 9.17) is 24.5 Å². The predicted molar refractivity (Wildman–Crippen MR) is 132 cm³/mol. The summed E-state index contributed by atoms with van der Waals surface area (Å²) in [5.74, 6) is -1.72. The van der Waals surface area contributed by atoms with E-state index in [2.05, 4.69) is 11.0 Å². The van der Waals surface area contributed by atoms with Crippen LogP contribution in [0.2, 0.25) is 0 Å². The number of benzene rings is 2. The SMILES string of the molecule is O=C(O)C(=O)O.OC(COc1cccc2c1SCCC2)CN1CCN(c2cccc(C(F)(F)F)c2)CC1. The first-order chi connectivity index (χ1) is 17.5. The molecule has 12 heteroatoms. The summed E-state index contributed by atoms with van der Waals surface area (Å²) in [6, 6.07) is 11.6. The van der Waals surface area contributed by atoms with Crippen molar-refractivity contribution < 1.29 is 42.8 Å². The second-order valence-electron chi connectivity index (χ2n) is 8.61. The lowest BCUT2D eigenvalue weighted by Gasteiger charge is -2.37. The number of carboxylic acid groups (broad SMARTS) is 2. The number of carbonyl (C=O) groups is 2. The minimum Gasteiger partial charge on any atom is -0.490 e. The summed E-state index contributed by atoms with van der Waals surface area (Å²) in [4.78, 5) is 23.5. The van der Waals surface area contributed by atoms with Gasteiger partial charge >= 0.3 is 18.1 Å². The number of ether oxygens (including phenoxy) is 1. The third kappa shape index (κ3) is 8.54. The summed E-state index contributed by atoms with van der Waals surface area (Å²) >= 11 is 1.81. The van der Waals surface area contributed by atoms with Crippen molar-refractivity contribution >= 4 is 29.4 Å². The van der Waals surface area contributed by atoms with E-state index in [0.717, 1.165) is 24.0 Å². The van der Waals surface area contributed by atoms with Crippen LogP contribution in [-0.2, 0) is 22.2 Å². The van der Waals surface area contributed by atoms with Crippen LogP contribution in [0.15, 0.2) is 47.4 Å². The van der Waals surface area contributed by atoms with E-state index in [-0.39, 0.29) is 6.61 Å². The minimum atomic E-state index is -4.33. The molecule has 0 aromatic heterocycles. The molecule has 37 heavy (non-hydrogen) atoms. The van der Waals surface area contributed by atoms with Gasteiger partial charge in [0.05, 0.1) is 10.5 Å². The Morgan fingerprint density at radius 2 is 1.70 bits per heavy atom. The average molecular weight is 543 g/mol. The molecular formula is C25H29F3N2O6S. The van der Waals surface area contributed by atoms with Crippen molar-refractivity contribution in [2.45, 2.75) is 30.0 Å². The van der Waals surface area contributed by atoms with Crippen LogP contribution in [0, 0.1) is 0 Å². The van der Waals surface area contributed by atoms with E-state index in [1.807, 2.05) is 28.8 Å². The Bertz CT molecular complexity index is 1060. The average Bonchev–Trinajstić information content (AvgIpc) is 2.88. The maximum absolute atomic E-state index is 13.0. The first-order valence-corrected chi connectivity index (χ1v) is 12.7. The number of nitrogens with zero attached hydrogens (tertiary/aromatic N) is 2. The number of halogens is 3. The van der Waals surface area contributed by atoms with Crippen molar-refractivity contribution in [1.29, 1.82) is 0 Å². The zero-order chi connectivity index (χ0) is 27.0. The number of alkyl halides is 3. The Morgan fingerprint density at radius 3 is 2.35 bits per heavy atom. The molecular weight excluding hydrogens is 513 g/mol. The third-order valence-electron chi connectivity index (χ3n) is 5.89. The fourth-order valence-corrected chi connectivity index (χ4v) is 5.19. The monoisotopic (exact) mass is 542 g/mol. The highest BCUT2D eigenvalue weighted by Gasteiger charge is 2.31. The lowest BCUT2D eigenvalue weighted by Crippen LogP contribution is -2.49. The number of hydrogen-bond donors (Lipinski definition) is 3. The fraction of sp³-hybridized carbons (Fsp3) is 0.440. The van der Waals surface area contributed by atoms with Gasteiger partial charge in [-0.2, -0.15) is 13.2 Å². The number of fused-ring (bicyclic) bond motifs is 1. The van der Waals surface area contributed by atoms with Crippen LogP contribution in [-0.4, -0.2) is 83.3 Å². The number of thioether (sulfide) groups is 1. The lowest BCUT2D eigenvalue weighted by atomic mass is 10.1. The van der Waals surface area contributed by atoms with Gasteiger partial charge in [0.25, 0.3) is 0 Å². The maximum Gasteiger partial charge on any atom is 0.416 e. The molecule has 0 spiro atoms. The zero-order valence-electron chi connectivity index (χ0n) is 20.0. The first-order valence-electron chi connectivity index (χ1n) is 11.7. The number of aliphatic hydroxyl groups is 1. The molecule has 1 fully saturated rings. The number of aliphatic hydroxyl groups excluding tert-OH is 1. The van der Waals surface area contributed by atoms with Gasteiger partial charge in [-0.15, -0.1) is 11.8 Å². The van der Waals surface area contributed by atoms with Crippen LogP contribution in [0.3, 0.4) is 0 Å². The smallest absolute Gasteiger partial charge is 0.416 e. The normalized spacial score (nSPS) is 16.7. The van der Waals surface area contributed by atoms with Crippen LogP contribution in [0.5, 0.6) is 5.75 Å². The van der Waals surface area contributed by atoms with Gasteiger partial charge in [-0.1, -0.05) is 18.2 Å². The van der Waals surface area contributed by atoms with Crippen molar-refractivity contribution in [2.75, 3.05) is 50.0 Å². The quantitative estimate of drug-likeness (QED) is 0.473. The van der Waals surface area contributed by atoms with E-state index < -0.39 is 29.8 Å². The number of aliphatic carboxylic acids is 2. The second kappa shape index (κ2) is 13.0. The van der Waals surface area contributed by atoms with Crippen molar-refractivity contribution in [1.82, 2.24) is 4.90 Å². The van der Waals surface area contributed by atoms with Crippen LogP contribution in [0.4, 0.5) is 18.9 Å². The molecule has 0 amide bonds. The highest BCUT2D eigenvalue weighted by atomic mass is 32.2. The van der Waals surface area contributed by atoms with Gasteiger partial charge in [-0.3, -0.25) is 4.90 Å².